The molecule has 1 aliphatic heterocycles. The maximum Gasteiger partial charge on any atom is 0.303 e. The second-order valence-electron chi connectivity index (χ2n) is 20.1. The van der Waals surface area contributed by atoms with Gasteiger partial charge in [0.1, 0.15) is 36.3 Å². The molecule has 2 amide bonds. The number of hydrogen-bond acceptors (Lipinski definition) is 14. The van der Waals surface area contributed by atoms with Crippen molar-refractivity contribution in [3.8, 4) is 0 Å². The number of benzene rings is 2. The third-order valence-electron chi connectivity index (χ3n) is 15.0. The molecule has 6 rings (SSSR count). The zero-order valence-electron chi connectivity index (χ0n) is 42.6. The fourth-order valence-electron chi connectivity index (χ4n) is 11.1. The number of aliphatic hydroxyl groups excluding tert-OH is 4. The number of ether oxygens (including phenoxy) is 6. The Balaban J connectivity index is 1.14. The van der Waals surface area contributed by atoms with Gasteiger partial charge in [-0.15, -0.1) is 11.6 Å². The van der Waals surface area contributed by atoms with Crippen LogP contribution in [0.1, 0.15) is 96.7 Å². The minimum Gasteiger partial charge on any atom is -0.465 e. The van der Waals surface area contributed by atoms with E-state index in [1.807, 2.05) is 51.1 Å². The number of amides is 2. The van der Waals surface area contributed by atoms with Crippen LogP contribution in [0, 0.1) is 29.1 Å². The van der Waals surface area contributed by atoms with Crippen LogP contribution in [0.3, 0.4) is 0 Å². The molecule has 14 atom stereocenters. The number of alkyl halides is 1. The number of esters is 2. The highest BCUT2D eigenvalue weighted by atomic mass is 35.5. The highest BCUT2D eigenvalue weighted by molar-refractivity contribution is 6.42. The average molecular weight is 1080 g/mol. The molecule has 404 valence electrons. The van der Waals surface area contributed by atoms with Crippen LogP contribution in [0.15, 0.2) is 71.3 Å². The van der Waals surface area contributed by atoms with Crippen LogP contribution in [0.4, 0.5) is 0 Å². The standard InChI is InChI=1S/C54H73Cl3N2O14/c1-30(27-70-32(3)60)38-23-43(62)54(5)24-39-36(28-68-6)16-18-37(39)31(2)47(64)50(45(38)54)73-53-49(66)51(71-33(4)61)48(65)42(72-53)29-69-21-13-8-7-12-20-59(44(63)25-55)46(35-17-19-40(56)41(57)22-35)52(67)58-26-34-14-10-9-11-15-34/h9-11,14-15,17,19,22,24,30-31,36-37,42-43,46-51,53,62,64-66H,7-8,12-13,16,18,20-21,23,25-29H2,1-6H3,(H,58,67)/b39-24-/t30-,31-,36-,37+,42?,43+,46?,47-,48?,49?,50-,51?,53?,54+/m1/s1. The van der Waals surface area contributed by atoms with Crippen LogP contribution in [-0.2, 0) is 54.1 Å². The van der Waals surface area contributed by atoms with Crippen molar-refractivity contribution in [2.24, 2.45) is 29.1 Å². The largest absolute Gasteiger partial charge is 0.465 e. The molecule has 4 aliphatic rings. The lowest BCUT2D eigenvalue weighted by Gasteiger charge is -2.46. The molecule has 6 unspecified atom stereocenters. The van der Waals surface area contributed by atoms with Gasteiger partial charge in [-0.1, -0.05) is 104 Å². The molecule has 2 aromatic carbocycles. The van der Waals surface area contributed by atoms with Gasteiger partial charge < -0.3 is 59.1 Å². The first-order valence-corrected chi connectivity index (χ1v) is 26.6. The number of unbranched alkanes of at least 4 members (excludes halogenated alkanes) is 3. The van der Waals surface area contributed by atoms with Gasteiger partial charge in [-0.25, -0.2) is 0 Å². The summed E-state index contributed by atoms with van der Waals surface area (Å²) in [7, 11) is 1.65. The number of carbonyl (C=O) groups excluding carboxylic acids is 4. The van der Waals surface area contributed by atoms with Crippen LogP contribution in [-0.4, -0.2) is 144 Å². The van der Waals surface area contributed by atoms with E-state index < -0.39 is 84.2 Å². The molecule has 5 N–H and O–H groups in total. The predicted molar refractivity (Wildman–Crippen MR) is 273 cm³/mol. The van der Waals surface area contributed by atoms with E-state index >= 15 is 0 Å². The number of aliphatic hydroxyl groups is 4. The Morgan fingerprint density at radius 1 is 0.918 bits per heavy atom. The van der Waals surface area contributed by atoms with Gasteiger partial charge in [0.25, 0.3) is 0 Å². The van der Waals surface area contributed by atoms with Crippen molar-refractivity contribution >= 4 is 58.6 Å². The second-order valence-corrected chi connectivity index (χ2v) is 21.2. The topological polar surface area (TPSA) is 220 Å². The predicted octanol–water partition coefficient (Wildman–Crippen LogP) is 6.64. The van der Waals surface area contributed by atoms with E-state index in [0.717, 1.165) is 36.5 Å². The highest BCUT2D eigenvalue weighted by Crippen LogP contribution is 2.56. The maximum atomic E-state index is 13.9. The lowest BCUT2D eigenvalue weighted by atomic mass is 9.68. The Bertz CT molecular complexity index is 2270. The third-order valence-corrected chi connectivity index (χ3v) is 16.0. The monoisotopic (exact) mass is 1080 g/mol. The first-order chi connectivity index (χ1) is 34.8. The molecule has 73 heavy (non-hydrogen) atoms. The zero-order valence-corrected chi connectivity index (χ0v) is 44.8. The van der Waals surface area contributed by atoms with E-state index in [4.69, 9.17) is 63.2 Å². The Morgan fingerprint density at radius 3 is 2.32 bits per heavy atom. The van der Waals surface area contributed by atoms with Gasteiger partial charge in [-0.05, 0) is 79.7 Å². The van der Waals surface area contributed by atoms with Gasteiger partial charge in [-0.3, -0.25) is 19.2 Å². The van der Waals surface area contributed by atoms with Crippen molar-refractivity contribution < 1.29 is 68.0 Å². The van der Waals surface area contributed by atoms with Crippen LogP contribution >= 0.6 is 34.8 Å². The minimum absolute atomic E-state index is 0.0183. The van der Waals surface area contributed by atoms with Crippen molar-refractivity contribution in [2.45, 2.75) is 141 Å². The lowest BCUT2D eigenvalue weighted by Crippen LogP contribution is -2.62. The molecule has 2 aromatic rings. The third kappa shape index (κ3) is 14.2. The average Bonchev–Trinajstić information content (AvgIpc) is 3.87. The van der Waals surface area contributed by atoms with E-state index in [9.17, 15) is 39.6 Å². The van der Waals surface area contributed by atoms with Gasteiger partial charge in [0.2, 0.25) is 11.8 Å². The molecule has 0 aromatic heterocycles. The lowest BCUT2D eigenvalue weighted by molar-refractivity contribution is -0.318. The van der Waals surface area contributed by atoms with Crippen LogP contribution in [0.2, 0.25) is 10.0 Å². The molecular formula is C54H73Cl3N2O14. The molecule has 3 aliphatic carbocycles. The van der Waals surface area contributed by atoms with Crippen molar-refractivity contribution in [1.82, 2.24) is 10.2 Å². The SMILES string of the molecule is COC[C@H]1CC[C@@H]2/C1=C\[C@]1(C)C(=C([C@H](C)COC(C)=O)C[C@@H]1O)[C@@H](OC1OC(COCCCCCCN(C(=O)CCl)C(C(=O)NCc3ccccc3)c3ccc(Cl)c(Cl)c3)C(O)C(OC(C)=O)C1O)[C@H](O)[C@@H]2C. The summed E-state index contributed by atoms with van der Waals surface area (Å²) in [6.45, 7) is 9.19. The summed E-state index contributed by atoms with van der Waals surface area (Å²) >= 11 is 18.7. The normalized spacial score (nSPS) is 30.5. The number of methoxy groups -OCH3 is 1. The fourth-order valence-corrected chi connectivity index (χ4v) is 11.5. The van der Waals surface area contributed by atoms with Gasteiger partial charge >= 0.3 is 11.9 Å². The first kappa shape index (κ1) is 58.6. The summed E-state index contributed by atoms with van der Waals surface area (Å²) in [6.07, 6.45) is -4.43. The molecule has 0 spiro atoms. The smallest absolute Gasteiger partial charge is 0.303 e. The molecule has 0 bridgehead atoms. The van der Waals surface area contributed by atoms with E-state index in [-0.39, 0.29) is 73.9 Å². The fraction of sp³-hybridized carbons (Fsp3) is 0.630. The number of nitrogens with one attached hydrogen (secondary N) is 1. The Morgan fingerprint density at radius 2 is 1.64 bits per heavy atom. The Kier molecular flexibility index (Phi) is 21.6. The summed E-state index contributed by atoms with van der Waals surface area (Å²) in [5.41, 5.74) is 2.71. The summed E-state index contributed by atoms with van der Waals surface area (Å²) in [5, 5.41) is 51.3. The Labute approximate surface area is 443 Å². The zero-order chi connectivity index (χ0) is 53.1. The van der Waals surface area contributed by atoms with E-state index in [2.05, 4.69) is 11.4 Å². The molecule has 16 nitrogen and oxygen atoms in total. The number of fused-ring (bicyclic) bond motifs is 2. The summed E-state index contributed by atoms with van der Waals surface area (Å²) in [6, 6.07) is 13.2. The molecule has 0 radical (unpaired) electrons. The quantitative estimate of drug-likeness (QED) is 0.0341. The van der Waals surface area contributed by atoms with Gasteiger partial charge in [0, 0.05) is 57.9 Å². The van der Waals surface area contributed by atoms with Crippen LogP contribution < -0.4 is 5.32 Å². The van der Waals surface area contributed by atoms with Crippen molar-refractivity contribution in [3.05, 3.63) is 92.5 Å². The summed E-state index contributed by atoms with van der Waals surface area (Å²) < 4.78 is 35.6. The van der Waals surface area contributed by atoms with E-state index in [1.165, 1.54) is 11.8 Å². The molecule has 1 saturated carbocycles. The maximum absolute atomic E-state index is 13.9. The minimum atomic E-state index is -1.71. The van der Waals surface area contributed by atoms with Crippen molar-refractivity contribution in [2.75, 3.05) is 46.0 Å². The molecule has 19 heteroatoms. The number of carbonyl (C=O) groups is 4. The number of hydrogen-bond donors (Lipinski definition) is 5. The number of rotatable bonds is 23. The van der Waals surface area contributed by atoms with Crippen molar-refractivity contribution in [3.63, 3.8) is 0 Å². The Hall–Kier alpha value is -3.65. The van der Waals surface area contributed by atoms with Gasteiger partial charge in [0.15, 0.2) is 12.4 Å². The molecule has 2 fully saturated rings. The molecule has 1 saturated heterocycles. The van der Waals surface area contributed by atoms with Gasteiger partial charge in [-0.2, -0.15) is 0 Å². The highest BCUT2D eigenvalue weighted by Gasteiger charge is 2.56. The van der Waals surface area contributed by atoms with Gasteiger partial charge in [0.05, 0.1) is 42.1 Å². The van der Waals surface area contributed by atoms with Crippen LogP contribution in [0.5, 0.6) is 0 Å². The first-order valence-electron chi connectivity index (χ1n) is 25.3. The van der Waals surface area contributed by atoms with E-state index in [0.29, 0.717) is 48.4 Å². The molecular weight excluding hydrogens is 1010 g/mol. The van der Waals surface area contributed by atoms with E-state index in [1.54, 1.807) is 25.3 Å². The van der Waals surface area contributed by atoms with Crippen molar-refractivity contribution in [1.29, 1.82) is 0 Å². The summed E-state index contributed by atoms with van der Waals surface area (Å²) in [4.78, 5) is 53.0. The summed E-state index contributed by atoms with van der Waals surface area (Å²) in [5.74, 6) is -3.17. The molecule has 1 heterocycles. The second kappa shape index (κ2) is 26.9. The number of nitrogens with zero attached hydrogens (tertiary/aromatic N) is 1. The number of halogens is 3. The van der Waals surface area contributed by atoms with Crippen LogP contribution in [0.25, 0.3) is 0 Å².